The van der Waals surface area contributed by atoms with E-state index in [9.17, 15) is 4.79 Å². The molecule has 1 N–H and O–H groups in total. The van der Waals surface area contributed by atoms with Crippen LogP contribution in [0.25, 0.3) is 5.69 Å². The normalized spacial score (nSPS) is 10.4. The number of carbonyl (C=O) groups is 1. The zero-order valence-corrected chi connectivity index (χ0v) is 10.8. The number of nitrogens with zero attached hydrogens (tertiary/aromatic N) is 4. The first-order chi connectivity index (χ1) is 9.74. The van der Waals surface area contributed by atoms with E-state index in [-0.39, 0.29) is 16.7 Å². The van der Waals surface area contributed by atoms with Gasteiger partial charge in [-0.15, -0.1) is 5.10 Å². The highest BCUT2D eigenvalue weighted by Gasteiger charge is 2.13. The van der Waals surface area contributed by atoms with E-state index in [1.807, 2.05) is 6.07 Å². The Labute approximate surface area is 118 Å². The van der Waals surface area contributed by atoms with Crippen molar-refractivity contribution >= 4 is 23.2 Å². The molecular weight excluding hydrogens is 282 g/mol. The summed E-state index contributed by atoms with van der Waals surface area (Å²) in [5, 5.41) is 13.7. The third-order valence-corrected chi connectivity index (χ3v) is 2.87. The number of nitrogens with one attached hydrogen (secondary N) is 1. The van der Waals surface area contributed by atoms with Crippen LogP contribution in [-0.4, -0.2) is 26.1 Å². The zero-order chi connectivity index (χ0) is 13.9. The van der Waals surface area contributed by atoms with Crippen LogP contribution < -0.4 is 5.32 Å². The van der Waals surface area contributed by atoms with Gasteiger partial charge in [-0.25, -0.2) is 4.68 Å². The lowest BCUT2D eigenvalue weighted by atomic mass is 10.2. The molecule has 0 atom stereocenters. The molecule has 0 bridgehead atoms. The highest BCUT2D eigenvalue weighted by molar-refractivity contribution is 6.32. The lowest BCUT2D eigenvalue weighted by molar-refractivity contribution is 0.102. The van der Waals surface area contributed by atoms with E-state index in [2.05, 4.69) is 20.8 Å². The van der Waals surface area contributed by atoms with Crippen molar-refractivity contribution in [2.45, 2.75) is 0 Å². The van der Waals surface area contributed by atoms with Gasteiger partial charge in [0.25, 0.3) is 5.91 Å². The van der Waals surface area contributed by atoms with Crippen molar-refractivity contribution in [3.8, 4) is 5.69 Å². The number of carbonyl (C=O) groups excluding carboxylic acids is 1. The predicted octanol–water partition coefficient (Wildman–Crippen LogP) is 2.16. The summed E-state index contributed by atoms with van der Waals surface area (Å²) in [5.41, 5.74) is 1.60. The average molecular weight is 290 g/mol. The van der Waals surface area contributed by atoms with Crippen LogP contribution >= 0.6 is 11.6 Å². The number of hydrogen-bond acceptors (Lipinski definition) is 5. The predicted molar refractivity (Wildman–Crippen MR) is 70.8 cm³/mol. The van der Waals surface area contributed by atoms with Gasteiger partial charge >= 0.3 is 0 Å². The number of anilines is 1. The largest absolute Gasteiger partial charge is 0.452 e. The lowest BCUT2D eigenvalue weighted by Crippen LogP contribution is -2.11. The monoisotopic (exact) mass is 289 g/mol. The first-order valence-electron chi connectivity index (χ1n) is 5.62. The topological polar surface area (TPSA) is 85.8 Å². The molecule has 0 aliphatic carbocycles. The van der Waals surface area contributed by atoms with Crippen molar-refractivity contribution in [2.24, 2.45) is 0 Å². The first-order valence-corrected chi connectivity index (χ1v) is 5.99. The Bertz CT molecular complexity index is 738. The number of tetrazole rings is 1. The molecule has 1 aromatic carbocycles. The van der Waals surface area contributed by atoms with Crippen molar-refractivity contribution in [3.05, 3.63) is 53.7 Å². The van der Waals surface area contributed by atoms with Gasteiger partial charge in [0, 0.05) is 5.69 Å². The van der Waals surface area contributed by atoms with Crippen molar-refractivity contribution in [3.63, 3.8) is 0 Å². The fourth-order valence-corrected chi connectivity index (χ4v) is 1.86. The molecule has 8 heteroatoms. The van der Waals surface area contributed by atoms with Crippen LogP contribution in [0.3, 0.4) is 0 Å². The number of rotatable bonds is 3. The summed E-state index contributed by atoms with van der Waals surface area (Å²) in [7, 11) is 0. The van der Waals surface area contributed by atoms with Gasteiger partial charge in [-0.3, -0.25) is 4.79 Å². The maximum Gasteiger partial charge on any atom is 0.260 e. The Morgan fingerprint density at radius 2 is 2.25 bits per heavy atom. The summed E-state index contributed by atoms with van der Waals surface area (Å²) < 4.78 is 6.37. The Hall–Kier alpha value is -2.67. The summed E-state index contributed by atoms with van der Waals surface area (Å²) in [6.45, 7) is 0. The standard InChI is InChI=1S/C12H8ClN5O2/c13-11-10(4-5-20-11)12(19)15-8-2-1-3-9(6-8)18-7-14-16-17-18/h1-7H,(H,15,19). The Morgan fingerprint density at radius 3 is 2.95 bits per heavy atom. The molecule has 3 aromatic rings. The zero-order valence-electron chi connectivity index (χ0n) is 10.0. The number of amides is 1. The van der Waals surface area contributed by atoms with Crippen LogP contribution in [0.5, 0.6) is 0 Å². The van der Waals surface area contributed by atoms with E-state index in [4.69, 9.17) is 16.0 Å². The van der Waals surface area contributed by atoms with Gasteiger partial charge in [0.2, 0.25) is 5.22 Å². The van der Waals surface area contributed by atoms with Gasteiger partial charge in [-0.2, -0.15) is 0 Å². The molecule has 0 saturated heterocycles. The minimum Gasteiger partial charge on any atom is -0.452 e. The number of halogens is 1. The summed E-state index contributed by atoms with van der Waals surface area (Å²) in [4.78, 5) is 12.0. The summed E-state index contributed by atoms with van der Waals surface area (Å²) >= 11 is 5.76. The molecule has 100 valence electrons. The summed E-state index contributed by atoms with van der Waals surface area (Å²) in [5.74, 6) is -0.349. The molecule has 0 spiro atoms. The molecule has 7 nitrogen and oxygen atoms in total. The van der Waals surface area contributed by atoms with Gasteiger partial charge in [0.05, 0.1) is 17.5 Å². The Balaban J connectivity index is 1.83. The average Bonchev–Trinajstić information content (AvgIpc) is 3.09. The number of hydrogen-bond donors (Lipinski definition) is 1. The fraction of sp³-hybridized carbons (Fsp3) is 0. The SMILES string of the molecule is O=C(Nc1cccc(-n2cnnn2)c1)c1ccoc1Cl. The highest BCUT2D eigenvalue weighted by Crippen LogP contribution is 2.19. The number of benzene rings is 1. The van der Waals surface area contributed by atoms with Crippen LogP contribution in [0, 0.1) is 0 Å². The fourth-order valence-electron chi connectivity index (χ4n) is 1.66. The minimum atomic E-state index is -0.349. The number of aromatic nitrogens is 4. The van der Waals surface area contributed by atoms with Crippen molar-refractivity contribution in [1.29, 1.82) is 0 Å². The molecule has 20 heavy (non-hydrogen) atoms. The second-order valence-corrected chi connectivity index (χ2v) is 4.21. The van der Waals surface area contributed by atoms with Gasteiger partial charge in [0.15, 0.2) is 0 Å². The van der Waals surface area contributed by atoms with Crippen molar-refractivity contribution < 1.29 is 9.21 Å². The van der Waals surface area contributed by atoms with E-state index < -0.39 is 0 Å². The highest BCUT2D eigenvalue weighted by atomic mass is 35.5. The summed E-state index contributed by atoms with van der Waals surface area (Å²) in [6, 6.07) is 8.59. The third kappa shape index (κ3) is 2.39. The van der Waals surface area contributed by atoms with Gasteiger partial charge in [-0.1, -0.05) is 6.07 Å². The molecule has 0 fully saturated rings. The number of furan rings is 1. The van der Waals surface area contributed by atoms with E-state index in [0.29, 0.717) is 5.69 Å². The Kier molecular flexibility index (Phi) is 3.18. The van der Waals surface area contributed by atoms with Gasteiger partial charge in [-0.05, 0) is 46.3 Å². The van der Waals surface area contributed by atoms with Crippen molar-refractivity contribution in [2.75, 3.05) is 5.32 Å². The molecule has 2 heterocycles. The molecule has 1 amide bonds. The van der Waals surface area contributed by atoms with Crippen LogP contribution in [0.2, 0.25) is 5.22 Å². The molecule has 2 aromatic heterocycles. The van der Waals surface area contributed by atoms with E-state index in [1.54, 1.807) is 18.2 Å². The van der Waals surface area contributed by atoms with E-state index in [1.165, 1.54) is 23.3 Å². The maximum atomic E-state index is 12.0. The minimum absolute atomic E-state index is 0.0548. The van der Waals surface area contributed by atoms with Gasteiger partial charge < -0.3 is 9.73 Å². The van der Waals surface area contributed by atoms with Crippen LogP contribution in [0.4, 0.5) is 5.69 Å². The quantitative estimate of drug-likeness (QED) is 0.798. The smallest absolute Gasteiger partial charge is 0.260 e. The molecule has 0 radical (unpaired) electrons. The van der Waals surface area contributed by atoms with Gasteiger partial charge in [0.1, 0.15) is 6.33 Å². The molecule has 0 aliphatic heterocycles. The molecule has 0 aliphatic rings. The first kappa shape index (κ1) is 12.4. The van der Waals surface area contributed by atoms with Crippen LogP contribution in [-0.2, 0) is 0 Å². The second-order valence-electron chi connectivity index (χ2n) is 3.87. The summed E-state index contributed by atoms with van der Waals surface area (Å²) in [6.07, 6.45) is 2.82. The molecule has 0 unspecified atom stereocenters. The van der Waals surface area contributed by atoms with Crippen LogP contribution in [0.1, 0.15) is 10.4 Å². The van der Waals surface area contributed by atoms with Crippen LogP contribution in [0.15, 0.2) is 47.3 Å². The Morgan fingerprint density at radius 1 is 1.35 bits per heavy atom. The maximum absolute atomic E-state index is 12.0. The van der Waals surface area contributed by atoms with Crippen molar-refractivity contribution in [1.82, 2.24) is 20.2 Å². The second kappa shape index (κ2) is 5.14. The van der Waals surface area contributed by atoms with E-state index >= 15 is 0 Å². The lowest BCUT2D eigenvalue weighted by Gasteiger charge is -2.06. The third-order valence-electron chi connectivity index (χ3n) is 2.58. The molecule has 3 rings (SSSR count). The molecular formula is C12H8ClN5O2. The molecule has 0 saturated carbocycles. The van der Waals surface area contributed by atoms with E-state index in [0.717, 1.165) is 5.69 Å².